The van der Waals surface area contributed by atoms with Gasteiger partial charge in [0.25, 0.3) is 0 Å². The van der Waals surface area contributed by atoms with Crippen LogP contribution in [0, 0.1) is 12.7 Å². The normalized spacial score (nSPS) is 12.5. The average molecular weight is 377 g/mol. The third-order valence-electron chi connectivity index (χ3n) is 4.60. The molecule has 2 heterocycles. The molecule has 3 aromatic rings. The summed E-state index contributed by atoms with van der Waals surface area (Å²) in [5.41, 5.74) is 4.12. The van der Waals surface area contributed by atoms with Gasteiger partial charge in [-0.25, -0.2) is 8.78 Å². The maximum Gasteiger partial charge on any atom is 0.228 e. The van der Waals surface area contributed by atoms with E-state index in [1.54, 1.807) is 42.9 Å². The van der Waals surface area contributed by atoms with Crippen molar-refractivity contribution in [3.8, 4) is 11.1 Å². The number of benzene rings is 1. The fraction of sp³-hybridized carbons (Fsp3) is 0.136. The van der Waals surface area contributed by atoms with Crippen LogP contribution in [0.3, 0.4) is 0 Å². The molecule has 140 valence electrons. The summed E-state index contributed by atoms with van der Waals surface area (Å²) in [6.07, 6.45) is 6.69. The number of nitrogens with one attached hydrogen (secondary N) is 1. The molecule has 6 heteroatoms. The fourth-order valence-electron chi connectivity index (χ4n) is 3.19. The van der Waals surface area contributed by atoms with Crippen LogP contribution in [0.25, 0.3) is 17.0 Å². The number of nitrogens with zero attached hydrogens (tertiary/aromatic N) is 2. The lowest BCUT2D eigenvalue weighted by Crippen LogP contribution is -2.15. The van der Waals surface area contributed by atoms with Crippen molar-refractivity contribution in [3.05, 3.63) is 83.2 Å². The number of fused-ring (bicyclic) bond motifs is 1. The Labute approximate surface area is 161 Å². The number of rotatable bonds is 4. The summed E-state index contributed by atoms with van der Waals surface area (Å²) in [5, 5.41) is 2.71. The molecular formula is C22H17F2N3O. The quantitative estimate of drug-likeness (QED) is 0.721. The Morgan fingerprint density at radius 1 is 1.11 bits per heavy atom. The molecule has 1 aliphatic carbocycles. The molecule has 0 aliphatic heterocycles. The van der Waals surface area contributed by atoms with Gasteiger partial charge in [-0.2, -0.15) is 0 Å². The summed E-state index contributed by atoms with van der Waals surface area (Å²) in [7, 11) is 0. The second kappa shape index (κ2) is 7.31. The fourth-order valence-corrected chi connectivity index (χ4v) is 3.19. The lowest BCUT2D eigenvalue weighted by Gasteiger charge is -2.09. The maximum atomic E-state index is 14.6. The number of amides is 1. The molecule has 0 fully saturated rings. The Hall–Kier alpha value is -3.41. The van der Waals surface area contributed by atoms with Gasteiger partial charge in [0.1, 0.15) is 11.6 Å². The van der Waals surface area contributed by atoms with Crippen LogP contribution in [-0.4, -0.2) is 15.9 Å². The number of anilines is 1. The van der Waals surface area contributed by atoms with Crippen molar-refractivity contribution in [1.29, 1.82) is 0 Å². The molecule has 0 saturated heterocycles. The lowest BCUT2D eigenvalue weighted by atomic mass is 10.0. The molecule has 0 saturated carbocycles. The third-order valence-corrected chi connectivity index (χ3v) is 4.60. The zero-order valence-corrected chi connectivity index (χ0v) is 15.2. The van der Waals surface area contributed by atoms with E-state index in [9.17, 15) is 13.6 Å². The standard InChI is InChI=1S/C22H17F2N3O/c1-13-6-17(12-25-10-13)27-22(28)9-15-3-2-14(8-20(15)24)16-7-18-19(23)4-5-21(18)26-11-16/h2-4,6-8,10-12H,5,9H2,1H3,(H,27,28). The number of hydrogen-bond acceptors (Lipinski definition) is 3. The first-order valence-corrected chi connectivity index (χ1v) is 8.85. The van der Waals surface area contributed by atoms with Crippen molar-refractivity contribution >= 4 is 17.4 Å². The average Bonchev–Trinajstić information content (AvgIpc) is 3.04. The van der Waals surface area contributed by atoms with Crippen LogP contribution in [0.4, 0.5) is 14.5 Å². The number of halogens is 2. The Bertz CT molecular complexity index is 1110. The monoisotopic (exact) mass is 377 g/mol. The first kappa shape index (κ1) is 18.0. The van der Waals surface area contributed by atoms with E-state index in [1.165, 1.54) is 12.1 Å². The highest BCUT2D eigenvalue weighted by atomic mass is 19.1. The highest BCUT2D eigenvalue weighted by Crippen LogP contribution is 2.31. The molecular weight excluding hydrogens is 360 g/mol. The van der Waals surface area contributed by atoms with Gasteiger partial charge in [0, 0.05) is 29.9 Å². The van der Waals surface area contributed by atoms with Crippen LogP contribution in [0.1, 0.15) is 22.4 Å². The molecule has 1 aliphatic rings. The third kappa shape index (κ3) is 3.67. The number of pyridine rings is 2. The molecule has 0 radical (unpaired) electrons. The molecule has 0 atom stereocenters. The van der Waals surface area contributed by atoms with Crippen LogP contribution in [0.5, 0.6) is 0 Å². The van der Waals surface area contributed by atoms with Gasteiger partial charge in [-0.05, 0) is 47.9 Å². The molecule has 4 rings (SSSR count). The van der Waals surface area contributed by atoms with E-state index in [2.05, 4.69) is 15.3 Å². The van der Waals surface area contributed by atoms with Crippen LogP contribution >= 0.6 is 0 Å². The number of carbonyl (C=O) groups excluding carboxylic acids is 1. The molecule has 4 nitrogen and oxygen atoms in total. The Morgan fingerprint density at radius 3 is 2.75 bits per heavy atom. The molecule has 2 aromatic heterocycles. The topological polar surface area (TPSA) is 54.9 Å². The highest BCUT2D eigenvalue weighted by Gasteiger charge is 2.17. The van der Waals surface area contributed by atoms with E-state index >= 15 is 0 Å². The summed E-state index contributed by atoms with van der Waals surface area (Å²) < 4.78 is 28.4. The predicted octanol–water partition coefficient (Wildman–Crippen LogP) is 4.64. The Kier molecular flexibility index (Phi) is 4.69. The van der Waals surface area contributed by atoms with E-state index in [4.69, 9.17) is 0 Å². The molecule has 1 aromatic carbocycles. The van der Waals surface area contributed by atoms with Gasteiger partial charge < -0.3 is 5.32 Å². The minimum atomic E-state index is -0.494. The van der Waals surface area contributed by atoms with Gasteiger partial charge in [-0.1, -0.05) is 12.1 Å². The van der Waals surface area contributed by atoms with Crippen molar-refractivity contribution in [2.45, 2.75) is 19.8 Å². The molecule has 0 spiro atoms. The first-order valence-electron chi connectivity index (χ1n) is 8.85. The van der Waals surface area contributed by atoms with Gasteiger partial charge >= 0.3 is 0 Å². The lowest BCUT2D eigenvalue weighted by molar-refractivity contribution is -0.115. The van der Waals surface area contributed by atoms with Crippen molar-refractivity contribution < 1.29 is 13.6 Å². The largest absolute Gasteiger partial charge is 0.324 e. The highest BCUT2D eigenvalue weighted by molar-refractivity contribution is 5.92. The predicted molar refractivity (Wildman–Crippen MR) is 104 cm³/mol. The van der Waals surface area contributed by atoms with Gasteiger partial charge in [-0.3, -0.25) is 14.8 Å². The zero-order chi connectivity index (χ0) is 19.7. The number of carbonyl (C=O) groups is 1. The number of hydrogen-bond donors (Lipinski definition) is 1. The van der Waals surface area contributed by atoms with Crippen LogP contribution in [0.2, 0.25) is 0 Å². The molecule has 0 unspecified atom stereocenters. The van der Waals surface area contributed by atoms with Crippen molar-refractivity contribution in [1.82, 2.24) is 9.97 Å². The van der Waals surface area contributed by atoms with E-state index in [1.807, 2.05) is 6.92 Å². The van der Waals surface area contributed by atoms with Crippen LogP contribution < -0.4 is 5.32 Å². The number of aryl methyl sites for hydroxylation is 1. The smallest absolute Gasteiger partial charge is 0.228 e. The second-order valence-corrected chi connectivity index (χ2v) is 6.76. The Morgan fingerprint density at radius 2 is 1.96 bits per heavy atom. The van der Waals surface area contributed by atoms with Crippen molar-refractivity contribution in [3.63, 3.8) is 0 Å². The summed E-state index contributed by atoms with van der Waals surface area (Å²) in [4.78, 5) is 20.5. The summed E-state index contributed by atoms with van der Waals surface area (Å²) >= 11 is 0. The molecule has 28 heavy (non-hydrogen) atoms. The zero-order valence-electron chi connectivity index (χ0n) is 15.2. The number of allylic oxidation sites excluding steroid dienone is 1. The van der Waals surface area contributed by atoms with Crippen molar-refractivity contribution in [2.75, 3.05) is 5.32 Å². The Balaban J connectivity index is 1.51. The minimum absolute atomic E-state index is 0.0974. The van der Waals surface area contributed by atoms with E-state index in [0.717, 1.165) is 5.56 Å². The molecule has 0 bridgehead atoms. The summed E-state index contributed by atoms with van der Waals surface area (Å²) in [6, 6.07) is 8.08. The van der Waals surface area contributed by atoms with Crippen LogP contribution in [-0.2, 0) is 17.6 Å². The molecule has 1 N–H and O–H groups in total. The molecule has 1 amide bonds. The van der Waals surface area contributed by atoms with E-state index in [-0.39, 0.29) is 23.7 Å². The van der Waals surface area contributed by atoms with E-state index in [0.29, 0.717) is 34.5 Å². The second-order valence-electron chi connectivity index (χ2n) is 6.76. The van der Waals surface area contributed by atoms with Gasteiger partial charge in [0.2, 0.25) is 5.91 Å². The van der Waals surface area contributed by atoms with Crippen LogP contribution in [0.15, 0.2) is 55.0 Å². The number of aromatic nitrogens is 2. The SMILES string of the molecule is Cc1cncc(NC(=O)Cc2ccc(-c3cnc4c(c3)C(F)=CC4)cc2F)c1. The van der Waals surface area contributed by atoms with Gasteiger partial charge in [-0.15, -0.1) is 0 Å². The van der Waals surface area contributed by atoms with Crippen molar-refractivity contribution in [2.24, 2.45) is 0 Å². The first-order chi connectivity index (χ1) is 13.5. The minimum Gasteiger partial charge on any atom is -0.324 e. The summed E-state index contributed by atoms with van der Waals surface area (Å²) in [6.45, 7) is 1.87. The van der Waals surface area contributed by atoms with Gasteiger partial charge in [0.05, 0.1) is 24.0 Å². The van der Waals surface area contributed by atoms with Gasteiger partial charge in [0.15, 0.2) is 0 Å². The van der Waals surface area contributed by atoms with E-state index < -0.39 is 5.82 Å². The maximum absolute atomic E-state index is 14.6. The summed E-state index contributed by atoms with van der Waals surface area (Å²) in [5.74, 6) is -1.12.